The van der Waals surface area contributed by atoms with Crippen molar-refractivity contribution in [3.63, 3.8) is 0 Å². The third-order valence-corrected chi connectivity index (χ3v) is 3.59. The standard InChI is InChI=1S/C17H18BrNO2/c1-11(2)14-6-4-5-12(3)17(14)19-16(20)10-8-13-7-9-15(18)21-13/h4-11H,1-3H3,(H,19,20)/b10-8+. The molecule has 2 aromatic rings. The molecule has 0 saturated heterocycles. The number of halogens is 1. The van der Waals surface area contributed by atoms with Crippen LogP contribution >= 0.6 is 15.9 Å². The van der Waals surface area contributed by atoms with Crippen LogP contribution < -0.4 is 5.32 Å². The Labute approximate surface area is 133 Å². The topological polar surface area (TPSA) is 42.2 Å². The lowest BCUT2D eigenvalue weighted by Crippen LogP contribution is -2.11. The quantitative estimate of drug-likeness (QED) is 0.779. The van der Waals surface area contributed by atoms with E-state index >= 15 is 0 Å². The molecule has 0 fully saturated rings. The minimum atomic E-state index is -0.168. The van der Waals surface area contributed by atoms with Gasteiger partial charge in [0.05, 0.1) is 0 Å². The van der Waals surface area contributed by atoms with E-state index in [2.05, 4.69) is 35.1 Å². The summed E-state index contributed by atoms with van der Waals surface area (Å²) >= 11 is 3.23. The summed E-state index contributed by atoms with van der Waals surface area (Å²) in [5, 5.41) is 2.96. The molecule has 110 valence electrons. The number of anilines is 1. The largest absolute Gasteiger partial charge is 0.450 e. The number of hydrogen-bond donors (Lipinski definition) is 1. The Kier molecular flexibility index (Phi) is 5.02. The van der Waals surface area contributed by atoms with E-state index in [-0.39, 0.29) is 5.91 Å². The molecule has 4 heteroatoms. The first-order chi connectivity index (χ1) is 9.97. The molecule has 1 N–H and O–H groups in total. The highest BCUT2D eigenvalue weighted by molar-refractivity contribution is 9.10. The Morgan fingerprint density at radius 2 is 2.05 bits per heavy atom. The molecule has 3 nitrogen and oxygen atoms in total. The summed E-state index contributed by atoms with van der Waals surface area (Å²) in [7, 11) is 0. The van der Waals surface area contributed by atoms with Gasteiger partial charge < -0.3 is 9.73 Å². The lowest BCUT2D eigenvalue weighted by Gasteiger charge is -2.15. The Bertz CT molecular complexity index is 671. The number of benzene rings is 1. The Morgan fingerprint density at radius 3 is 2.67 bits per heavy atom. The average molecular weight is 348 g/mol. The Hall–Kier alpha value is -1.81. The predicted octanol–water partition coefficient (Wildman–Crippen LogP) is 5.13. The number of nitrogens with one attached hydrogen (secondary N) is 1. The van der Waals surface area contributed by atoms with E-state index in [1.807, 2.05) is 25.1 Å². The summed E-state index contributed by atoms with van der Waals surface area (Å²) in [6.45, 7) is 6.22. The maximum Gasteiger partial charge on any atom is 0.248 e. The molecule has 0 unspecified atom stereocenters. The molecule has 0 aliphatic heterocycles. The van der Waals surface area contributed by atoms with Crippen molar-refractivity contribution in [1.82, 2.24) is 0 Å². The maximum atomic E-state index is 12.1. The smallest absolute Gasteiger partial charge is 0.248 e. The minimum Gasteiger partial charge on any atom is -0.450 e. The van der Waals surface area contributed by atoms with Crippen molar-refractivity contribution in [3.8, 4) is 0 Å². The second-order valence-electron chi connectivity index (χ2n) is 5.16. The van der Waals surface area contributed by atoms with Crippen LogP contribution in [0.4, 0.5) is 5.69 Å². The van der Waals surface area contributed by atoms with Gasteiger partial charge in [-0.3, -0.25) is 4.79 Å². The molecular formula is C17H18BrNO2. The van der Waals surface area contributed by atoms with Crippen molar-refractivity contribution in [2.24, 2.45) is 0 Å². The fraction of sp³-hybridized carbons (Fsp3) is 0.235. The molecule has 2 rings (SSSR count). The molecule has 1 heterocycles. The Morgan fingerprint density at radius 1 is 1.29 bits per heavy atom. The van der Waals surface area contributed by atoms with Gasteiger partial charge in [-0.15, -0.1) is 0 Å². The van der Waals surface area contributed by atoms with Crippen LogP contribution in [0.15, 0.2) is 45.5 Å². The average Bonchev–Trinajstić information content (AvgIpc) is 2.84. The number of aryl methyl sites for hydroxylation is 1. The van der Waals surface area contributed by atoms with E-state index in [1.54, 1.807) is 18.2 Å². The summed E-state index contributed by atoms with van der Waals surface area (Å²) in [4.78, 5) is 12.1. The molecule has 0 atom stereocenters. The normalized spacial score (nSPS) is 11.3. The van der Waals surface area contributed by atoms with E-state index < -0.39 is 0 Å². The number of furan rings is 1. The van der Waals surface area contributed by atoms with Gasteiger partial charge in [-0.1, -0.05) is 32.0 Å². The number of rotatable bonds is 4. The molecule has 0 radical (unpaired) electrons. The van der Waals surface area contributed by atoms with Crippen LogP contribution in [0.2, 0.25) is 0 Å². The zero-order valence-electron chi connectivity index (χ0n) is 12.3. The van der Waals surface area contributed by atoms with Gasteiger partial charge in [0.2, 0.25) is 5.91 Å². The number of carbonyl (C=O) groups excluding carboxylic acids is 1. The molecule has 0 spiro atoms. The molecular weight excluding hydrogens is 330 g/mol. The number of hydrogen-bond acceptors (Lipinski definition) is 2. The molecule has 0 aliphatic carbocycles. The molecule has 1 amide bonds. The Balaban J connectivity index is 2.15. The highest BCUT2D eigenvalue weighted by Gasteiger charge is 2.10. The summed E-state index contributed by atoms with van der Waals surface area (Å²) < 4.78 is 5.96. The lowest BCUT2D eigenvalue weighted by atomic mass is 9.98. The SMILES string of the molecule is Cc1cccc(C(C)C)c1NC(=O)/C=C/c1ccc(Br)o1. The van der Waals surface area contributed by atoms with Crippen LogP contribution in [0, 0.1) is 6.92 Å². The van der Waals surface area contributed by atoms with Gasteiger partial charge in [0.1, 0.15) is 5.76 Å². The van der Waals surface area contributed by atoms with Gasteiger partial charge in [-0.25, -0.2) is 0 Å². The second kappa shape index (κ2) is 6.76. The van der Waals surface area contributed by atoms with Crippen LogP contribution in [0.25, 0.3) is 6.08 Å². The molecule has 0 saturated carbocycles. The zero-order valence-corrected chi connectivity index (χ0v) is 13.9. The van der Waals surface area contributed by atoms with E-state index in [9.17, 15) is 4.79 Å². The number of para-hydroxylation sites is 1. The van der Waals surface area contributed by atoms with Crippen molar-refractivity contribution in [1.29, 1.82) is 0 Å². The number of carbonyl (C=O) groups is 1. The fourth-order valence-electron chi connectivity index (χ4n) is 2.08. The van der Waals surface area contributed by atoms with Crippen LogP contribution in [-0.2, 0) is 4.79 Å². The van der Waals surface area contributed by atoms with Gasteiger partial charge in [0.25, 0.3) is 0 Å². The first-order valence-corrected chi connectivity index (χ1v) is 7.60. The zero-order chi connectivity index (χ0) is 15.4. The van der Waals surface area contributed by atoms with E-state index in [0.717, 1.165) is 16.8 Å². The van der Waals surface area contributed by atoms with E-state index in [0.29, 0.717) is 16.3 Å². The highest BCUT2D eigenvalue weighted by atomic mass is 79.9. The molecule has 0 bridgehead atoms. The van der Waals surface area contributed by atoms with Crippen LogP contribution in [0.5, 0.6) is 0 Å². The van der Waals surface area contributed by atoms with Crippen LogP contribution in [0.1, 0.15) is 36.7 Å². The maximum absolute atomic E-state index is 12.1. The van der Waals surface area contributed by atoms with Gasteiger partial charge in [-0.2, -0.15) is 0 Å². The summed E-state index contributed by atoms with van der Waals surface area (Å²) in [6, 6.07) is 9.63. The van der Waals surface area contributed by atoms with Crippen molar-refractivity contribution < 1.29 is 9.21 Å². The second-order valence-corrected chi connectivity index (χ2v) is 5.94. The van der Waals surface area contributed by atoms with Crippen molar-refractivity contribution >= 4 is 33.6 Å². The van der Waals surface area contributed by atoms with E-state index in [4.69, 9.17) is 4.42 Å². The molecule has 21 heavy (non-hydrogen) atoms. The van der Waals surface area contributed by atoms with Crippen molar-refractivity contribution in [3.05, 3.63) is 58.0 Å². The van der Waals surface area contributed by atoms with Crippen LogP contribution in [-0.4, -0.2) is 5.91 Å². The van der Waals surface area contributed by atoms with Gasteiger partial charge in [0.15, 0.2) is 4.67 Å². The monoisotopic (exact) mass is 347 g/mol. The fourth-order valence-corrected chi connectivity index (χ4v) is 2.40. The first kappa shape index (κ1) is 15.6. The third-order valence-electron chi connectivity index (χ3n) is 3.17. The number of amides is 1. The van der Waals surface area contributed by atoms with Crippen molar-refractivity contribution in [2.45, 2.75) is 26.7 Å². The lowest BCUT2D eigenvalue weighted by molar-refractivity contribution is -0.111. The summed E-state index contributed by atoms with van der Waals surface area (Å²) in [6.07, 6.45) is 3.12. The van der Waals surface area contributed by atoms with Crippen LogP contribution in [0.3, 0.4) is 0 Å². The summed E-state index contributed by atoms with van der Waals surface area (Å²) in [5.74, 6) is 0.815. The van der Waals surface area contributed by atoms with E-state index in [1.165, 1.54) is 6.08 Å². The van der Waals surface area contributed by atoms with Crippen molar-refractivity contribution in [2.75, 3.05) is 5.32 Å². The molecule has 0 aliphatic rings. The molecule has 1 aromatic carbocycles. The summed E-state index contributed by atoms with van der Waals surface area (Å²) in [5.41, 5.74) is 3.09. The third kappa shape index (κ3) is 4.08. The molecule has 1 aromatic heterocycles. The first-order valence-electron chi connectivity index (χ1n) is 6.81. The van der Waals surface area contributed by atoms with Gasteiger partial charge in [0, 0.05) is 11.8 Å². The minimum absolute atomic E-state index is 0.168. The predicted molar refractivity (Wildman–Crippen MR) is 89.3 cm³/mol. The van der Waals surface area contributed by atoms with Gasteiger partial charge >= 0.3 is 0 Å². The highest BCUT2D eigenvalue weighted by Crippen LogP contribution is 2.27. The van der Waals surface area contributed by atoms with Gasteiger partial charge in [-0.05, 0) is 58.1 Å².